The van der Waals surface area contributed by atoms with Crippen LogP contribution in [0.3, 0.4) is 0 Å². The summed E-state index contributed by atoms with van der Waals surface area (Å²) in [6.45, 7) is 4.15. The number of nitrogens with two attached hydrogens (primary N) is 1. The van der Waals surface area contributed by atoms with Gasteiger partial charge in [-0.2, -0.15) is 0 Å². The molecule has 2 nitrogen and oxygen atoms in total. The lowest BCUT2D eigenvalue weighted by atomic mass is 9.99. The Morgan fingerprint density at radius 1 is 1.42 bits per heavy atom. The fourth-order valence-electron chi connectivity index (χ4n) is 0.995. The molecule has 0 saturated carbocycles. The molecule has 0 aliphatic carbocycles. The van der Waals surface area contributed by atoms with Crippen molar-refractivity contribution >= 4 is 11.6 Å². The highest BCUT2D eigenvalue weighted by Gasteiger charge is 2.10. The SMILES string of the molecule is CC(C)C(N)c1cncc(Cl)c1. The molecule has 3 heteroatoms. The van der Waals surface area contributed by atoms with Gasteiger partial charge >= 0.3 is 0 Å². The molecule has 1 rings (SSSR count). The second-order valence-corrected chi connectivity index (χ2v) is 3.64. The number of hydrogen-bond donors (Lipinski definition) is 1. The van der Waals surface area contributed by atoms with E-state index in [2.05, 4.69) is 18.8 Å². The number of rotatable bonds is 2. The molecule has 12 heavy (non-hydrogen) atoms. The van der Waals surface area contributed by atoms with Gasteiger partial charge in [-0.1, -0.05) is 25.4 Å². The molecule has 2 N–H and O–H groups in total. The van der Waals surface area contributed by atoms with Gasteiger partial charge in [0, 0.05) is 18.4 Å². The topological polar surface area (TPSA) is 38.9 Å². The summed E-state index contributed by atoms with van der Waals surface area (Å²) in [5.74, 6) is 0.408. The lowest BCUT2D eigenvalue weighted by Crippen LogP contribution is -2.16. The second-order valence-electron chi connectivity index (χ2n) is 3.21. The van der Waals surface area contributed by atoms with Crippen molar-refractivity contribution in [1.82, 2.24) is 4.98 Å². The molecule has 0 aliphatic heterocycles. The van der Waals surface area contributed by atoms with E-state index in [9.17, 15) is 0 Å². The normalized spacial score (nSPS) is 13.4. The van der Waals surface area contributed by atoms with E-state index < -0.39 is 0 Å². The summed E-state index contributed by atoms with van der Waals surface area (Å²) in [6.07, 6.45) is 3.37. The summed E-state index contributed by atoms with van der Waals surface area (Å²) < 4.78 is 0. The predicted octanol–water partition coefficient (Wildman–Crippen LogP) is 2.39. The monoisotopic (exact) mass is 184 g/mol. The van der Waals surface area contributed by atoms with E-state index in [1.807, 2.05) is 6.07 Å². The van der Waals surface area contributed by atoms with Crippen molar-refractivity contribution in [2.24, 2.45) is 11.7 Å². The molecular weight excluding hydrogens is 172 g/mol. The lowest BCUT2D eigenvalue weighted by Gasteiger charge is -2.15. The summed E-state index contributed by atoms with van der Waals surface area (Å²) >= 11 is 5.78. The van der Waals surface area contributed by atoms with Crippen LogP contribution in [0.5, 0.6) is 0 Å². The number of hydrogen-bond acceptors (Lipinski definition) is 2. The molecule has 1 aromatic rings. The molecule has 0 fully saturated rings. The highest BCUT2D eigenvalue weighted by atomic mass is 35.5. The van der Waals surface area contributed by atoms with Crippen LogP contribution in [0.15, 0.2) is 18.5 Å². The zero-order chi connectivity index (χ0) is 9.14. The van der Waals surface area contributed by atoms with Crippen LogP contribution in [0.4, 0.5) is 0 Å². The Kier molecular flexibility index (Phi) is 3.06. The van der Waals surface area contributed by atoms with Crippen molar-refractivity contribution in [3.63, 3.8) is 0 Å². The summed E-state index contributed by atoms with van der Waals surface area (Å²) in [6, 6.07) is 1.88. The van der Waals surface area contributed by atoms with Gasteiger partial charge in [0.1, 0.15) is 0 Å². The van der Waals surface area contributed by atoms with Crippen LogP contribution >= 0.6 is 11.6 Å². The van der Waals surface area contributed by atoms with E-state index in [1.54, 1.807) is 12.4 Å². The van der Waals surface area contributed by atoms with Gasteiger partial charge in [0.25, 0.3) is 0 Å². The molecule has 0 aromatic carbocycles. The third-order valence-corrected chi connectivity index (χ3v) is 2.04. The van der Waals surface area contributed by atoms with Crippen molar-refractivity contribution in [1.29, 1.82) is 0 Å². The highest BCUT2D eigenvalue weighted by Crippen LogP contribution is 2.20. The minimum Gasteiger partial charge on any atom is -0.324 e. The largest absolute Gasteiger partial charge is 0.324 e. The van der Waals surface area contributed by atoms with Crippen LogP contribution in [0, 0.1) is 5.92 Å². The van der Waals surface area contributed by atoms with Crippen LogP contribution in [-0.2, 0) is 0 Å². The maximum Gasteiger partial charge on any atom is 0.0592 e. The zero-order valence-electron chi connectivity index (χ0n) is 7.29. The molecule has 1 atom stereocenters. The molecule has 0 radical (unpaired) electrons. The smallest absolute Gasteiger partial charge is 0.0592 e. The number of pyridine rings is 1. The Morgan fingerprint density at radius 3 is 2.58 bits per heavy atom. The third kappa shape index (κ3) is 2.19. The van der Waals surface area contributed by atoms with E-state index in [0.717, 1.165) is 5.56 Å². The Balaban J connectivity index is 2.88. The van der Waals surface area contributed by atoms with E-state index in [0.29, 0.717) is 10.9 Å². The van der Waals surface area contributed by atoms with Crippen molar-refractivity contribution in [2.45, 2.75) is 19.9 Å². The van der Waals surface area contributed by atoms with Crippen LogP contribution in [-0.4, -0.2) is 4.98 Å². The van der Waals surface area contributed by atoms with Gasteiger partial charge in [0.15, 0.2) is 0 Å². The maximum atomic E-state index is 5.91. The number of aromatic nitrogens is 1. The van der Waals surface area contributed by atoms with Crippen molar-refractivity contribution in [3.8, 4) is 0 Å². The first-order valence-corrected chi connectivity index (χ1v) is 4.35. The van der Waals surface area contributed by atoms with Gasteiger partial charge < -0.3 is 5.73 Å². The van der Waals surface area contributed by atoms with E-state index >= 15 is 0 Å². The summed E-state index contributed by atoms with van der Waals surface area (Å²) in [5, 5.41) is 0.642. The average molecular weight is 185 g/mol. The quantitative estimate of drug-likeness (QED) is 0.767. The Bertz CT molecular complexity index is 260. The fourth-order valence-corrected chi connectivity index (χ4v) is 1.18. The standard InChI is InChI=1S/C9H13ClN2/c1-6(2)9(11)7-3-8(10)5-12-4-7/h3-6,9H,11H2,1-2H3. The summed E-state index contributed by atoms with van der Waals surface area (Å²) in [4.78, 5) is 3.98. The van der Waals surface area contributed by atoms with Crippen molar-refractivity contribution in [3.05, 3.63) is 29.0 Å². The van der Waals surface area contributed by atoms with E-state index in [4.69, 9.17) is 17.3 Å². The third-order valence-electron chi connectivity index (χ3n) is 1.83. The first-order valence-electron chi connectivity index (χ1n) is 3.97. The van der Waals surface area contributed by atoms with Crippen LogP contribution in [0.25, 0.3) is 0 Å². The van der Waals surface area contributed by atoms with Crippen molar-refractivity contribution in [2.75, 3.05) is 0 Å². The van der Waals surface area contributed by atoms with Gasteiger partial charge in [-0.05, 0) is 17.5 Å². The van der Waals surface area contributed by atoms with E-state index in [-0.39, 0.29) is 6.04 Å². The molecule has 0 spiro atoms. The number of nitrogens with zero attached hydrogens (tertiary/aromatic N) is 1. The first kappa shape index (κ1) is 9.49. The zero-order valence-corrected chi connectivity index (χ0v) is 8.05. The Hall–Kier alpha value is -0.600. The first-order chi connectivity index (χ1) is 5.61. The molecule has 66 valence electrons. The van der Waals surface area contributed by atoms with Crippen LogP contribution < -0.4 is 5.73 Å². The minimum atomic E-state index is 0.0243. The fraction of sp³-hybridized carbons (Fsp3) is 0.444. The molecule has 1 aromatic heterocycles. The maximum absolute atomic E-state index is 5.91. The van der Waals surface area contributed by atoms with Crippen molar-refractivity contribution < 1.29 is 0 Å². The van der Waals surface area contributed by atoms with Gasteiger partial charge in [-0.3, -0.25) is 4.98 Å². The van der Waals surface area contributed by atoms with Gasteiger partial charge in [0.2, 0.25) is 0 Å². The molecular formula is C9H13ClN2. The van der Waals surface area contributed by atoms with Gasteiger partial charge in [-0.25, -0.2) is 0 Å². The molecule has 0 saturated heterocycles. The van der Waals surface area contributed by atoms with Gasteiger partial charge in [0.05, 0.1) is 5.02 Å². The van der Waals surface area contributed by atoms with Gasteiger partial charge in [-0.15, -0.1) is 0 Å². The highest BCUT2D eigenvalue weighted by molar-refractivity contribution is 6.30. The van der Waals surface area contributed by atoms with Crippen LogP contribution in [0.1, 0.15) is 25.5 Å². The summed E-state index contributed by atoms with van der Waals surface area (Å²) in [5.41, 5.74) is 6.91. The molecule has 0 amide bonds. The predicted molar refractivity (Wildman–Crippen MR) is 51.0 cm³/mol. The lowest BCUT2D eigenvalue weighted by molar-refractivity contribution is 0.513. The second kappa shape index (κ2) is 3.87. The minimum absolute atomic E-state index is 0.0243. The Labute approximate surface area is 77.8 Å². The molecule has 0 bridgehead atoms. The molecule has 1 heterocycles. The molecule has 1 unspecified atom stereocenters. The number of halogens is 1. The Morgan fingerprint density at radius 2 is 2.08 bits per heavy atom. The van der Waals surface area contributed by atoms with E-state index in [1.165, 1.54) is 0 Å². The average Bonchev–Trinajstić information content (AvgIpc) is 2.03. The van der Waals surface area contributed by atoms with Crippen LogP contribution in [0.2, 0.25) is 5.02 Å². The summed E-state index contributed by atoms with van der Waals surface area (Å²) in [7, 11) is 0. The molecule has 0 aliphatic rings.